The highest BCUT2D eigenvalue weighted by molar-refractivity contribution is 5.88. The Balaban J connectivity index is 1.57. The number of anilines is 1. The van der Waals surface area contributed by atoms with Crippen molar-refractivity contribution in [3.8, 4) is 0 Å². The molecule has 0 spiro atoms. The van der Waals surface area contributed by atoms with Crippen LogP contribution in [0.15, 0.2) is 30.8 Å². The second kappa shape index (κ2) is 7.06. The fourth-order valence-corrected chi connectivity index (χ4v) is 3.71. The standard InChI is InChI=1S/C20H24N4O3/c1-3-27-20(26)17-7-21-24(11-17)10-14-4-5-18(22-19(14)13(2)12-25)23-8-15-6-16(15)9-23/h4-5,7,11-12,15-16,25H,3,6,8-10H2,1-2H3. The van der Waals surface area contributed by atoms with E-state index in [0.717, 1.165) is 48.3 Å². The highest BCUT2D eigenvalue weighted by Gasteiger charge is 2.45. The Morgan fingerprint density at radius 1 is 1.37 bits per heavy atom. The molecule has 2 aromatic heterocycles. The van der Waals surface area contributed by atoms with Gasteiger partial charge in [-0.1, -0.05) is 6.07 Å². The minimum atomic E-state index is -0.378. The molecule has 1 aliphatic heterocycles. The van der Waals surface area contributed by atoms with E-state index in [2.05, 4.69) is 10.00 Å². The molecule has 142 valence electrons. The lowest BCUT2D eigenvalue weighted by Gasteiger charge is -2.21. The number of allylic oxidation sites excluding steroid dienone is 1. The molecule has 0 amide bonds. The number of piperidine rings is 1. The van der Waals surface area contributed by atoms with E-state index in [-0.39, 0.29) is 5.97 Å². The second-order valence-electron chi connectivity index (χ2n) is 7.30. The summed E-state index contributed by atoms with van der Waals surface area (Å²) in [5.74, 6) is 2.23. The topological polar surface area (TPSA) is 80.5 Å². The molecular formula is C20H24N4O3. The fraction of sp³-hybridized carbons (Fsp3) is 0.450. The van der Waals surface area contributed by atoms with Gasteiger partial charge in [-0.25, -0.2) is 9.78 Å². The third-order valence-electron chi connectivity index (χ3n) is 5.31. The van der Waals surface area contributed by atoms with Crippen LogP contribution in [0, 0.1) is 11.8 Å². The van der Waals surface area contributed by atoms with Crippen LogP contribution in [0.2, 0.25) is 0 Å². The molecule has 2 aromatic rings. The first-order valence-corrected chi connectivity index (χ1v) is 9.34. The second-order valence-corrected chi connectivity index (χ2v) is 7.30. The zero-order valence-electron chi connectivity index (χ0n) is 15.6. The summed E-state index contributed by atoms with van der Waals surface area (Å²) in [6.07, 6.45) is 5.61. The molecule has 0 bridgehead atoms. The Bertz CT molecular complexity index is 879. The highest BCUT2D eigenvalue weighted by Crippen LogP contribution is 2.46. The van der Waals surface area contributed by atoms with Crippen LogP contribution in [-0.4, -0.2) is 45.5 Å². The van der Waals surface area contributed by atoms with Gasteiger partial charge in [0.05, 0.1) is 36.9 Å². The average Bonchev–Trinajstić information content (AvgIpc) is 3.07. The first-order valence-electron chi connectivity index (χ1n) is 9.34. The van der Waals surface area contributed by atoms with E-state index >= 15 is 0 Å². The summed E-state index contributed by atoms with van der Waals surface area (Å²) in [5.41, 5.74) is 2.82. The van der Waals surface area contributed by atoms with Crippen molar-refractivity contribution in [3.63, 3.8) is 0 Å². The van der Waals surface area contributed by atoms with E-state index < -0.39 is 0 Å². The molecule has 7 heteroatoms. The Hall–Kier alpha value is -2.83. The summed E-state index contributed by atoms with van der Waals surface area (Å²) < 4.78 is 6.69. The lowest BCUT2D eigenvalue weighted by molar-refractivity contribution is 0.0526. The maximum Gasteiger partial charge on any atom is 0.341 e. The summed E-state index contributed by atoms with van der Waals surface area (Å²) in [6.45, 7) is 6.54. The number of aliphatic hydroxyl groups excluding tert-OH is 1. The van der Waals surface area contributed by atoms with E-state index in [1.807, 2.05) is 19.1 Å². The van der Waals surface area contributed by atoms with Crippen LogP contribution >= 0.6 is 0 Å². The summed E-state index contributed by atoms with van der Waals surface area (Å²) >= 11 is 0. The minimum absolute atomic E-state index is 0.332. The van der Waals surface area contributed by atoms with E-state index in [1.54, 1.807) is 17.8 Å². The number of hydrogen-bond donors (Lipinski definition) is 1. The van der Waals surface area contributed by atoms with Crippen molar-refractivity contribution in [1.29, 1.82) is 0 Å². The van der Waals surface area contributed by atoms with Crippen LogP contribution in [0.1, 0.15) is 41.9 Å². The molecule has 2 aliphatic rings. The van der Waals surface area contributed by atoms with Crippen molar-refractivity contribution in [2.45, 2.75) is 26.8 Å². The SMILES string of the molecule is CCOC(=O)c1cnn(Cc2ccc(N3CC4CC4C3)nc2C(C)=CO)c1. The molecule has 3 heterocycles. The minimum Gasteiger partial charge on any atom is -0.515 e. The van der Waals surface area contributed by atoms with Crippen LogP contribution in [0.5, 0.6) is 0 Å². The summed E-state index contributed by atoms with van der Waals surface area (Å²) in [4.78, 5) is 19.0. The maximum atomic E-state index is 11.8. The molecule has 1 saturated heterocycles. The number of ether oxygens (including phenoxy) is 1. The number of fused-ring (bicyclic) bond motifs is 1. The molecule has 2 atom stereocenters. The lowest BCUT2D eigenvalue weighted by atomic mass is 10.1. The Labute approximate surface area is 158 Å². The van der Waals surface area contributed by atoms with Crippen LogP contribution in [-0.2, 0) is 11.3 Å². The van der Waals surface area contributed by atoms with Gasteiger partial charge < -0.3 is 14.7 Å². The van der Waals surface area contributed by atoms with E-state index in [9.17, 15) is 9.90 Å². The highest BCUT2D eigenvalue weighted by atomic mass is 16.5. The van der Waals surface area contributed by atoms with Crippen LogP contribution < -0.4 is 4.90 Å². The van der Waals surface area contributed by atoms with Crippen LogP contribution in [0.4, 0.5) is 5.82 Å². The number of rotatable bonds is 6. The number of esters is 1. The van der Waals surface area contributed by atoms with E-state index in [4.69, 9.17) is 9.72 Å². The predicted molar refractivity (Wildman–Crippen MR) is 102 cm³/mol. The third kappa shape index (κ3) is 3.54. The van der Waals surface area contributed by atoms with Crippen molar-refractivity contribution in [2.75, 3.05) is 24.6 Å². The number of nitrogens with zero attached hydrogens (tertiary/aromatic N) is 4. The molecule has 2 fully saturated rings. The average molecular weight is 368 g/mol. The Kier molecular flexibility index (Phi) is 4.59. The van der Waals surface area contributed by atoms with Gasteiger partial charge in [0, 0.05) is 24.9 Å². The van der Waals surface area contributed by atoms with Gasteiger partial charge in [-0.3, -0.25) is 4.68 Å². The third-order valence-corrected chi connectivity index (χ3v) is 5.31. The number of pyridine rings is 1. The van der Waals surface area contributed by atoms with E-state index in [1.165, 1.54) is 12.6 Å². The van der Waals surface area contributed by atoms with E-state index in [0.29, 0.717) is 24.3 Å². The Morgan fingerprint density at radius 2 is 2.15 bits per heavy atom. The lowest BCUT2D eigenvalue weighted by Crippen LogP contribution is -2.23. The number of aliphatic hydroxyl groups is 1. The van der Waals surface area contributed by atoms with Gasteiger partial charge in [0.25, 0.3) is 0 Å². The summed E-state index contributed by atoms with van der Waals surface area (Å²) in [5, 5.41) is 13.8. The van der Waals surface area contributed by atoms with Gasteiger partial charge in [-0.05, 0) is 43.7 Å². The summed E-state index contributed by atoms with van der Waals surface area (Å²) in [6, 6.07) is 4.06. The number of carbonyl (C=O) groups is 1. The molecule has 1 aliphatic carbocycles. The van der Waals surface area contributed by atoms with Crippen LogP contribution in [0.3, 0.4) is 0 Å². The van der Waals surface area contributed by atoms with Gasteiger partial charge >= 0.3 is 5.97 Å². The zero-order chi connectivity index (χ0) is 19.0. The largest absolute Gasteiger partial charge is 0.515 e. The maximum absolute atomic E-state index is 11.8. The van der Waals surface area contributed by atoms with Gasteiger partial charge in [0.15, 0.2) is 0 Å². The van der Waals surface area contributed by atoms with Crippen molar-refractivity contribution < 1.29 is 14.6 Å². The molecule has 4 rings (SSSR count). The van der Waals surface area contributed by atoms with Crippen molar-refractivity contribution in [1.82, 2.24) is 14.8 Å². The molecule has 0 aromatic carbocycles. The van der Waals surface area contributed by atoms with Crippen molar-refractivity contribution in [2.24, 2.45) is 11.8 Å². The molecule has 7 nitrogen and oxygen atoms in total. The molecule has 27 heavy (non-hydrogen) atoms. The Morgan fingerprint density at radius 3 is 2.85 bits per heavy atom. The smallest absolute Gasteiger partial charge is 0.341 e. The predicted octanol–water partition coefficient (Wildman–Crippen LogP) is 2.88. The number of carbonyl (C=O) groups excluding carboxylic acids is 1. The number of aromatic nitrogens is 3. The van der Waals surface area contributed by atoms with Gasteiger partial charge in [0.1, 0.15) is 5.82 Å². The monoisotopic (exact) mass is 368 g/mol. The molecule has 1 saturated carbocycles. The van der Waals surface area contributed by atoms with Crippen molar-refractivity contribution in [3.05, 3.63) is 47.6 Å². The van der Waals surface area contributed by atoms with Crippen molar-refractivity contribution >= 4 is 17.4 Å². The molecule has 0 radical (unpaired) electrons. The van der Waals surface area contributed by atoms with Gasteiger partial charge in [-0.2, -0.15) is 5.10 Å². The molecular weight excluding hydrogens is 344 g/mol. The first-order chi connectivity index (χ1) is 13.1. The fourth-order valence-electron chi connectivity index (χ4n) is 3.71. The first kappa shape index (κ1) is 17.6. The van der Waals surface area contributed by atoms with Gasteiger partial charge in [-0.15, -0.1) is 0 Å². The number of hydrogen-bond acceptors (Lipinski definition) is 6. The van der Waals surface area contributed by atoms with Crippen LogP contribution in [0.25, 0.3) is 5.57 Å². The normalized spacial score (nSPS) is 21.3. The molecule has 2 unspecified atom stereocenters. The zero-order valence-corrected chi connectivity index (χ0v) is 15.6. The quantitative estimate of drug-likeness (QED) is 0.624. The van der Waals surface area contributed by atoms with Gasteiger partial charge in [0.2, 0.25) is 0 Å². The molecule has 1 N–H and O–H groups in total. The summed E-state index contributed by atoms with van der Waals surface area (Å²) in [7, 11) is 0.